The summed E-state index contributed by atoms with van der Waals surface area (Å²) in [5, 5.41) is 3.35. The summed E-state index contributed by atoms with van der Waals surface area (Å²) >= 11 is 0. The predicted molar refractivity (Wildman–Crippen MR) is 115 cm³/mol. The summed E-state index contributed by atoms with van der Waals surface area (Å²) in [6.45, 7) is 0.451. The Kier molecular flexibility index (Phi) is 6.13. The van der Waals surface area contributed by atoms with Gasteiger partial charge < -0.3 is 14.8 Å². The number of anilines is 1. The second-order valence-electron chi connectivity index (χ2n) is 6.87. The van der Waals surface area contributed by atoms with Crippen LogP contribution in [-0.4, -0.2) is 39.1 Å². The van der Waals surface area contributed by atoms with Crippen molar-refractivity contribution >= 4 is 22.4 Å². The number of nitrogens with one attached hydrogen (secondary N) is 1. The van der Waals surface area contributed by atoms with Crippen molar-refractivity contribution in [2.75, 3.05) is 24.8 Å². The first kappa shape index (κ1) is 20.2. The maximum absolute atomic E-state index is 12.8. The molecule has 2 aromatic carbocycles. The molecule has 1 unspecified atom stereocenters. The molecular weight excluding hydrogens is 402 g/mol. The van der Waals surface area contributed by atoms with E-state index in [4.69, 9.17) is 9.47 Å². The summed E-state index contributed by atoms with van der Waals surface area (Å²) in [5.74, 6) is 1.93. The van der Waals surface area contributed by atoms with Gasteiger partial charge in [-0.25, -0.2) is 4.98 Å². The van der Waals surface area contributed by atoms with Crippen molar-refractivity contribution in [3.8, 4) is 17.2 Å². The number of carbonyl (C=O) groups excluding carboxylic acids is 1. The summed E-state index contributed by atoms with van der Waals surface area (Å²) in [7, 11) is 0.340. The molecule has 0 saturated heterocycles. The SMILES string of the molecule is COc1ccccc1-n1ccnc1S(=O)CCCOc1ccc2c(c1)CCC(=O)N2. The van der Waals surface area contributed by atoms with Crippen LogP contribution in [0.1, 0.15) is 18.4 Å². The van der Waals surface area contributed by atoms with Crippen LogP contribution in [0.2, 0.25) is 0 Å². The van der Waals surface area contributed by atoms with Crippen LogP contribution in [0.3, 0.4) is 0 Å². The molecule has 2 heterocycles. The second kappa shape index (κ2) is 9.13. The summed E-state index contributed by atoms with van der Waals surface area (Å²) in [6, 6.07) is 13.2. The standard InChI is InChI=1S/C22H23N3O4S/c1-28-20-6-3-2-5-19(20)25-12-11-23-22(25)30(27)14-4-13-29-17-8-9-18-16(15-17)7-10-21(26)24-18/h2-3,5-6,8-9,11-12,15H,4,7,10,13-14H2,1H3,(H,24,26). The number of hydrogen-bond donors (Lipinski definition) is 1. The van der Waals surface area contributed by atoms with Crippen molar-refractivity contribution < 1.29 is 18.5 Å². The zero-order chi connectivity index (χ0) is 20.9. The van der Waals surface area contributed by atoms with Gasteiger partial charge in [0.2, 0.25) is 11.1 Å². The molecule has 4 rings (SSSR count). The topological polar surface area (TPSA) is 82.5 Å². The van der Waals surface area contributed by atoms with E-state index in [1.54, 1.807) is 24.1 Å². The normalized spacial score (nSPS) is 14.0. The van der Waals surface area contributed by atoms with Gasteiger partial charge in [0.05, 0.1) is 30.2 Å². The van der Waals surface area contributed by atoms with Gasteiger partial charge in [-0.3, -0.25) is 13.6 Å². The number of ether oxygens (including phenoxy) is 2. The summed E-state index contributed by atoms with van der Waals surface area (Å²) < 4.78 is 25.9. The molecule has 3 aromatic rings. The Morgan fingerprint density at radius 2 is 2.07 bits per heavy atom. The quantitative estimate of drug-likeness (QED) is 0.560. The first-order chi connectivity index (χ1) is 14.7. The van der Waals surface area contributed by atoms with E-state index < -0.39 is 10.8 Å². The fourth-order valence-electron chi connectivity index (χ4n) is 3.39. The summed E-state index contributed by atoms with van der Waals surface area (Å²) in [5.41, 5.74) is 2.73. The minimum atomic E-state index is -1.27. The van der Waals surface area contributed by atoms with Crippen LogP contribution in [0, 0.1) is 0 Å². The lowest BCUT2D eigenvalue weighted by atomic mass is 10.0. The van der Waals surface area contributed by atoms with E-state index in [9.17, 15) is 9.00 Å². The molecule has 1 atom stereocenters. The molecule has 7 nitrogen and oxygen atoms in total. The highest BCUT2D eigenvalue weighted by molar-refractivity contribution is 7.84. The Morgan fingerprint density at radius 1 is 1.20 bits per heavy atom. The van der Waals surface area contributed by atoms with Gasteiger partial charge in [0.1, 0.15) is 11.5 Å². The van der Waals surface area contributed by atoms with Gasteiger partial charge in [-0.2, -0.15) is 0 Å². The molecule has 0 bridgehead atoms. The van der Waals surface area contributed by atoms with E-state index in [0.717, 1.165) is 22.7 Å². The number of amides is 1. The first-order valence-corrected chi connectivity index (χ1v) is 11.1. The minimum absolute atomic E-state index is 0.0464. The highest BCUT2D eigenvalue weighted by Crippen LogP contribution is 2.27. The number of aryl methyl sites for hydroxylation is 1. The van der Waals surface area contributed by atoms with Crippen molar-refractivity contribution in [1.82, 2.24) is 9.55 Å². The Hall–Kier alpha value is -3.13. The Labute approximate surface area is 177 Å². The largest absolute Gasteiger partial charge is 0.495 e. The number of imidazole rings is 1. The molecule has 0 aliphatic carbocycles. The van der Waals surface area contributed by atoms with Gasteiger partial charge in [0, 0.05) is 30.3 Å². The van der Waals surface area contributed by atoms with Gasteiger partial charge in [-0.05, 0) is 48.7 Å². The van der Waals surface area contributed by atoms with Gasteiger partial charge >= 0.3 is 0 Å². The first-order valence-electron chi connectivity index (χ1n) is 9.76. The van der Waals surface area contributed by atoms with E-state index in [1.165, 1.54) is 0 Å². The maximum atomic E-state index is 12.8. The lowest BCUT2D eigenvalue weighted by molar-refractivity contribution is -0.116. The molecule has 1 N–H and O–H groups in total. The zero-order valence-electron chi connectivity index (χ0n) is 16.7. The molecule has 156 valence electrons. The van der Waals surface area contributed by atoms with Crippen LogP contribution in [0.25, 0.3) is 5.69 Å². The van der Waals surface area contributed by atoms with E-state index in [0.29, 0.717) is 42.5 Å². The highest BCUT2D eigenvalue weighted by atomic mass is 32.2. The molecule has 1 amide bonds. The third-order valence-corrected chi connectivity index (χ3v) is 6.24. The van der Waals surface area contributed by atoms with Crippen LogP contribution >= 0.6 is 0 Å². The summed E-state index contributed by atoms with van der Waals surface area (Å²) in [4.78, 5) is 15.7. The molecule has 1 aromatic heterocycles. The number of nitrogens with zero attached hydrogens (tertiary/aromatic N) is 2. The zero-order valence-corrected chi connectivity index (χ0v) is 17.5. The Morgan fingerprint density at radius 3 is 2.93 bits per heavy atom. The number of aromatic nitrogens is 2. The molecule has 0 fully saturated rings. The lowest BCUT2D eigenvalue weighted by Gasteiger charge is -2.17. The molecule has 8 heteroatoms. The Bertz CT molecular complexity index is 1080. The van der Waals surface area contributed by atoms with E-state index >= 15 is 0 Å². The van der Waals surface area contributed by atoms with Gasteiger partial charge in [0.15, 0.2) is 0 Å². The smallest absolute Gasteiger partial charge is 0.224 e. The van der Waals surface area contributed by atoms with Crippen LogP contribution in [0.4, 0.5) is 5.69 Å². The van der Waals surface area contributed by atoms with Crippen LogP contribution in [0.5, 0.6) is 11.5 Å². The number of fused-ring (bicyclic) bond motifs is 1. The third kappa shape index (κ3) is 4.38. The van der Waals surface area contributed by atoms with Gasteiger partial charge in [-0.15, -0.1) is 0 Å². The third-order valence-electron chi connectivity index (χ3n) is 4.87. The highest BCUT2D eigenvalue weighted by Gasteiger charge is 2.16. The number of carbonyl (C=O) groups is 1. The predicted octanol–water partition coefficient (Wildman–Crippen LogP) is 3.34. The van der Waals surface area contributed by atoms with E-state index in [1.807, 2.05) is 42.5 Å². The van der Waals surface area contributed by atoms with Gasteiger partial charge in [0.25, 0.3) is 0 Å². The fraction of sp³-hybridized carbons (Fsp3) is 0.273. The molecular formula is C22H23N3O4S. The second-order valence-corrected chi connectivity index (χ2v) is 8.33. The monoisotopic (exact) mass is 425 g/mol. The van der Waals surface area contributed by atoms with E-state index in [-0.39, 0.29) is 5.91 Å². The average molecular weight is 426 g/mol. The molecule has 0 saturated carbocycles. The summed E-state index contributed by atoms with van der Waals surface area (Å²) in [6.07, 6.45) is 5.26. The molecule has 1 aliphatic heterocycles. The molecule has 1 aliphatic rings. The van der Waals surface area contributed by atoms with Crippen molar-refractivity contribution in [1.29, 1.82) is 0 Å². The number of benzene rings is 2. The molecule has 30 heavy (non-hydrogen) atoms. The molecule has 0 radical (unpaired) electrons. The van der Waals surface area contributed by atoms with Crippen LogP contribution in [0.15, 0.2) is 60.0 Å². The van der Waals surface area contributed by atoms with Crippen molar-refractivity contribution in [2.24, 2.45) is 0 Å². The number of hydrogen-bond acceptors (Lipinski definition) is 5. The molecule has 0 spiro atoms. The minimum Gasteiger partial charge on any atom is -0.495 e. The van der Waals surface area contributed by atoms with Crippen molar-refractivity contribution in [3.63, 3.8) is 0 Å². The number of methoxy groups -OCH3 is 1. The average Bonchev–Trinajstić information content (AvgIpc) is 3.26. The number of para-hydroxylation sites is 2. The number of rotatable bonds is 8. The van der Waals surface area contributed by atoms with E-state index in [2.05, 4.69) is 10.3 Å². The Balaban J connectivity index is 1.34. The van der Waals surface area contributed by atoms with Crippen molar-refractivity contribution in [3.05, 3.63) is 60.4 Å². The van der Waals surface area contributed by atoms with Crippen LogP contribution < -0.4 is 14.8 Å². The van der Waals surface area contributed by atoms with Crippen molar-refractivity contribution in [2.45, 2.75) is 24.4 Å². The van der Waals surface area contributed by atoms with Crippen LogP contribution in [-0.2, 0) is 22.0 Å². The fourth-order valence-corrected chi connectivity index (χ4v) is 4.51. The van der Waals surface area contributed by atoms with Gasteiger partial charge in [-0.1, -0.05) is 12.1 Å². The lowest BCUT2D eigenvalue weighted by Crippen LogP contribution is -2.18. The maximum Gasteiger partial charge on any atom is 0.224 e.